The fourth-order valence-corrected chi connectivity index (χ4v) is 2.75. The molecule has 1 rings (SSSR count). The summed E-state index contributed by atoms with van der Waals surface area (Å²) in [5.41, 5.74) is 0.349. The van der Waals surface area contributed by atoms with Crippen LogP contribution >= 0.6 is 0 Å². The molecule has 3 nitrogen and oxygen atoms in total. The van der Waals surface area contributed by atoms with Crippen LogP contribution in [-0.4, -0.2) is 48.8 Å². The molecule has 3 heteroatoms. The molecule has 18 heavy (non-hydrogen) atoms. The standard InChI is InChI=1S/C15H32N2O/c1-6-15(4,10-16-12(2)3)11-17(5)9-13-7-14(18)8-13/h12-14,16,18H,6-11H2,1-5H3. The quantitative estimate of drug-likeness (QED) is 0.698. The molecule has 0 amide bonds. The van der Waals surface area contributed by atoms with E-state index < -0.39 is 0 Å². The van der Waals surface area contributed by atoms with Gasteiger partial charge in [-0.3, -0.25) is 0 Å². The zero-order chi connectivity index (χ0) is 13.8. The Balaban J connectivity index is 2.31. The molecule has 0 aromatic rings. The first-order valence-corrected chi connectivity index (χ1v) is 7.44. The highest BCUT2D eigenvalue weighted by molar-refractivity contribution is 4.84. The molecule has 0 spiro atoms. The number of nitrogens with one attached hydrogen (secondary N) is 1. The first-order chi connectivity index (χ1) is 8.34. The van der Waals surface area contributed by atoms with Crippen LogP contribution in [0.15, 0.2) is 0 Å². The Morgan fingerprint density at radius 2 is 2.00 bits per heavy atom. The van der Waals surface area contributed by atoms with Gasteiger partial charge >= 0.3 is 0 Å². The minimum Gasteiger partial charge on any atom is -0.393 e. The average molecular weight is 256 g/mol. The monoisotopic (exact) mass is 256 g/mol. The second kappa shape index (κ2) is 6.88. The van der Waals surface area contributed by atoms with E-state index in [1.807, 2.05) is 0 Å². The molecule has 1 aliphatic carbocycles. The van der Waals surface area contributed by atoms with Crippen molar-refractivity contribution in [3.63, 3.8) is 0 Å². The normalized spacial score (nSPS) is 27.3. The second-order valence-electron chi connectivity index (χ2n) is 6.89. The molecule has 0 aromatic carbocycles. The summed E-state index contributed by atoms with van der Waals surface area (Å²) in [5, 5.41) is 12.9. The van der Waals surface area contributed by atoms with Gasteiger partial charge in [0, 0.05) is 25.7 Å². The summed E-state index contributed by atoms with van der Waals surface area (Å²) in [7, 11) is 2.22. The van der Waals surface area contributed by atoms with Crippen molar-refractivity contribution >= 4 is 0 Å². The molecule has 0 aromatic heterocycles. The van der Waals surface area contributed by atoms with E-state index in [0.29, 0.717) is 17.4 Å². The lowest BCUT2D eigenvalue weighted by atomic mass is 9.81. The average Bonchev–Trinajstić information content (AvgIpc) is 2.24. The summed E-state index contributed by atoms with van der Waals surface area (Å²) in [4.78, 5) is 2.45. The Kier molecular flexibility index (Phi) is 6.09. The maximum absolute atomic E-state index is 9.33. The summed E-state index contributed by atoms with van der Waals surface area (Å²) in [6.07, 6.45) is 3.17. The van der Waals surface area contributed by atoms with Crippen molar-refractivity contribution in [3.05, 3.63) is 0 Å². The summed E-state index contributed by atoms with van der Waals surface area (Å²) < 4.78 is 0. The first kappa shape index (κ1) is 15.9. The van der Waals surface area contributed by atoms with Crippen LogP contribution in [0.4, 0.5) is 0 Å². The van der Waals surface area contributed by atoms with Crippen LogP contribution in [0.2, 0.25) is 0 Å². The predicted molar refractivity (Wildman–Crippen MR) is 77.8 cm³/mol. The molecule has 1 saturated carbocycles. The van der Waals surface area contributed by atoms with Crippen LogP contribution in [0.25, 0.3) is 0 Å². The smallest absolute Gasteiger partial charge is 0.0546 e. The summed E-state index contributed by atoms with van der Waals surface area (Å²) in [5.74, 6) is 0.712. The number of nitrogens with zero attached hydrogens (tertiary/aromatic N) is 1. The van der Waals surface area contributed by atoms with Gasteiger partial charge in [-0.15, -0.1) is 0 Å². The van der Waals surface area contributed by atoms with Crippen molar-refractivity contribution in [1.82, 2.24) is 10.2 Å². The highest BCUT2D eigenvalue weighted by Gasteiger charge is 2.30. The van der Waals surface area contributed by atoms with Gasteiger partial charge in [-0.2, -0.15) is 0 Å². The molecule has 0 bridgehead atoms. The van der Waals surface area contributed by atoms with E-state index in [1.54, 1.807) is 0 Å². The Bertz CT molecular complexity index is 239. The van der Waals surface area contributed by atoms with Crippen molar-refractivity contribution < 1.29 is 5.11 Å². The Hall–Kier alpha value is -0.120. The SMILES string of the molecule is CCC(C)(CNC(C)C)CN(C)CC1CC(O)C1. The zero-order valence-corrected chi connectivity index (χ0v) is 12.9. The number of hydrogen-bond donors (Lipinski definition) is 2. The van der Waals surface area contributed by atoms with Crippen molar-refractivity contribution in [1.29, 1.82) is 0 Å². The molecule has 2 N–H and O–H groups in total. The van der Waals surface area contributed by atoms with Crippen LogP contribution in [0, 0.1) is 11.3 Å². The molecule has 0 aliphatic heterocycles. The Labute approximate surface area is 113 Å². The Morgan fingerprint density at radius 3 is 2.44 bits per heavy atom. The third-order valence-electron chi connectivity index (χ3n) is 4.22. The van der Waals surface area contributed by atoms with Crippen LogP contribution in [0.3, 0.4) is 0 Å². The molecule has 1 atom stereocenters. The van der Waals surface area contributed by atoms with Crippen LogP contribution in [0.1, 0.15) is 47.0 Å². The van der Waals surface area contributed by atoms with Gasteiger partial charge in [-0.1, -0.05) is 27.7 Å². The highest BCUT2D eigenvalue weighted by atomic mass is 16.3. The van der Waals surface area contributed by atoms with Crippen molar-refractivity contribution in [2.24, 2.45) is 11.3 Å². The summed E-state index contributed by atoms with van der Waals surface area (Å²) in [6, 6.07) is 0.558. The molecule has 0 heterocycles. The van der Waals surface area contributed by atoms with Crippen molar-refractivity contribution in [3.8, 4) is 0 Å². The van der Waals surface area contributed by atoms with Gasteiger partial charge in [0.15, 0.2) is 0 Å². The van der Waals surface area contributed by atoms with Crippen molar-refractivity contribution in [2.75, 3.05) is 26.7 Å². The van der Waals surface area contributed by atoms with E-state index in [4.69, 9.17) is 0 Å². The van der Waals surface area contributed by atoms with Gasteiger partial charge in [-0.25, -0.2) is 0 Å². The maximum Gasteiger partial charge on any atom is 0.0546 e. The minimum absolute atomic E-state index is 0.0245. The first-order valence-electron chi connectivity index (χ1n) is 7.44. The van der Waals surface area contributed by atoms with E-state index in [2.05, 4.69) is 45.0 Å². The van der Waals surface area contributed by atoms with E-state index >= 15 is 0 Å². The summed E-state index contributed by atoms with van der Waals surface area (Å²) in [6.45, 7) is 12.4. The molecule has 0 radical (unpaired) electrons. The number of aliphatic hydroxyl groups excluding tert-OH is 1. The van der Waals surface area contributed by atoms with Gasteiger partial charge in [0.05, 0.1) is 6.10 Å². The Morgan fingerprint density at radius 1 is 1.39 bits per heavy atom. The van der Waals surface area contributed by atoms with Gasteiger partial charge in [-0.05, 0) is 37.6 Å². The maximum atomic E-state index is 9.33. The number of hydrogen-bond acceptors (Lipinski definition) is 3. The van der Waals surface area contributed by atoms with Crippen molar-refractivity contribution in [2.45, 2.75) is 59.1 Å². The zero-order valence-electron chi connectivity index (χ0n) is 12.9. The van der Waals surface area contributed by atoms with E-state index in [0.717, 1.165) is 32.5 Å². The third kappa shape index (κ3) is 5.25. The minimum atomic E-state index is -0.0245. The van der Waals surface area contributed by atoms with Gasteiger partial charge < -0.3 is 15.3 Å². The molecule has 1 aliphatic rings. The van der Waals surface area contributed by atoms with Gasteiger partial charge in [0.2, 0.25) is 0 Å². The number of rotatable bonds is 8. The number of aliphatic hydroxyl groups is 1. The second-order valence-corrected chi connectivity index (χ2v) is 6.89. The largest absolute Gasteiger partial charge is 0.393 e. The molecular weight excluding hydrogens is 224 g/mol. The summed E-state index contributed by atoms with van der Waals surface area (Å²) >= 11 is 0. The fraction of sp³-hybridized carbons (Fsp3) is 1.00. The third-order valence-corrected chi connectivity index (χ3v) is 4.22. The van der Waals surface area contributed by atoms with E-state index in [-0.39, 0.29) is 6.10 Å². The molecule has 1 fully saturated rings. The molecule has 0 saturated heterocycles. The van der Waals surface area contributed by atoms with Gasteiger partial charge in [0.25, 0.3) is 0 Å². The lowest BCUT2D eigenvalue weighted by Crippen LogP contribution is -2.45. The fourth-order valence-electron chi connectivity index (χ4n) is 2.75. The predicted octanol–water partition coefficient (Wildman–Crippen LogP) is 2.10. The lowest BCUT2D eigenvalue weighted by molar-refractivity contribution is 0.0222. The van der Waals surface area contributed by atoms with Gasteiger partial charge in [0.1, 0.15) is 0 Å². The van der Waals surface area contributed by atoms with Crippen LogP contribution < -0.4 is 5.32 Å². The van der Waals surface area contributed by atoms with Crippen LogP contribution in [-0.2, 0) is 0 Å². The topological polar surface area (TPSA) is 35.5 Å². The molecule has 1 unspecified atom stereocenters. The molecule has 108 valence electrons. The van der Waals surface area contributed by atoms with E-state index in [1.165, 1.54) is 6.42 Å². The highest BCUT2D eigenvalue weighted by Crippen LogP contribution is 2.29. The van der Waals surface area contributed by atoms with E-state index in [9.17, 15) is 5.11 Å². The van der Waals surface area contributed by atoms with Crippen LogP contribution in [0.5, 0.6) is 0 Å². The molecular formula is C15H32N2O. The lowest BCUT2D eigenvalue weighted by Gasteiger charge is -2.38.